The molecule has 3 nitrogen and oxygen atoms in total. The van der Waals surface area contributed by atoms with Crippen LogP contribution in [0.1, 0.15) is 19.8 Å². The Morgan fingerprint density at radius 3 is 2.62 bits per heavy atom. The van der Waals surface area contributed by atoms with Gasteiger partial charge in [-0.05, 0) is 39.1 Å². The molecular weight excluding hydrogens is 186 g/mol. The Balaban J connectivity index is 2.61. The van der Waals surface area contributed by atoms with Crippen molar-refractivity contribution in [1.29, 1.82) is 0 Å². The molecule has 1 heterocycles. The van der Waals surface area contributed by atoms with E-state index in [1.54, 1.807) is 11.8 Å². The maximum Gasteiger partial charge on any atom is 0.322 e. The number of carbonyl (C=O) groups excluding carboxylic acids is 1. The molecule has 1 fully saturated rings. The first-order valence-corrected chi connectivity index (χ1v) is 5.91. The third-order valence-corrected chi connectivity index (χ3v) is 3.81. The molecule has 0 spiro atoms. The van der Waals surface area contributed by atoms with Gasteiger partial charge in [0.2, 0.25) is 0 Å². The average Bonchev–Trinajstić information content (AvgIpc) is 2.19. The molecule has 0 bridgehead atoms. The van der Waals surface area contributed by atoms with Crippen molar-refractivity contribution in [3.63, 3.8) is 0 Å². The number of esters is 1. The molecule has 0 aromatic heterocycles. The molecule has 0 aromatic rings. The highest BCUT2D eigenvalue weighted by Crippen LogP contribution is 2.33. The van der Waals surface area contributed by atoms with Gasteiger partial charge in [-0.15, -0.1) is 11.8 Å². The number of nitrogens with one attached hydrogen (secondary N) is 1. The van der Waals surface area contributed by atoms with Crippen molar-refractivity contribution < 1.29 is 9.53 Å². The van der Waals surface area contributed by atoms with Gasteiger partial charge in [-0.1, -0.05) is 0 Å². The first kappa shape index (κ1) is 10.9. The topological polar surface area (TPSA) is 38.3 Å². The molecule has 13 heavy (non-hydrogen) atoms. The first-order chi connectivity index (χ1) is 6.25. The van der Waals surface area contributed by atoms with Gasteiger partial charge in [0.15, 0.2) is 0 Å². The van der Waals surface area contributed by atoms with Gasteiger partial charge < -0.3 is 10.1 Å². The van der Waals surface area contributed by atoms with Gasteiger partial charge >= 0.3 is 5.97 Å². The molecule has 1 rings (SSSR count). The second kappa shape index (κ2) is 4.86. The van der Waals surface area contributed by atoms with Gasteiger partial charge in [0.25, 0.3) is 0 Å². The lowest BCUT2D eigenvalue weighted by Gasteiger charge is -2.33. The largest absolute Gasteiger partial charge is 0.465 e. The SMILES string of the molecule is CCOC(=O)C1(SC)CCNCC1. The fraction of sp³-hybridized carbons (Fsp3) is 0.889. The van der Waals surface area contributed by atoms with E-state index in [1.807, 2.05) is 13.2 Å². The van der Waals surface area contributed by atoms with Crippen LogP contribution < -0.4 is 5.32 Å². The highest BCUT2D eigenvalue weighted by Gasteiger charge is 2.40. The van der Waals surface area contributed by atoms with Gasteiger partial charge in [0, 0.05) is 0 Å². The van der Waals surface area contributed by atoms with E-state index in [4.69, 9.17) is 4.74 Å². The molecule has 0 saturated carbocycles. The fourth-order valence-electron chi connectivity index (χ4n) is 1.58. The van der Waals surface area contributed by atoms with E-state index in [0.29, 0.717) is 6.61 Å². The van der Waals surface area contributed by atoms with Gasteiger partial charge in [0.05, 0.1) is 6.61 Å². The van der Waals surface area contributed by atoms with E-state index in [0.717, 1.165) is 25.9 Å². The monoisotopic (exact) mass is 203 g/mol. The summed E-state index contributed by atoms with van der Waals surface area (Å²) in [6, 6.07) is 0. The van der Waals surface area contributed by atoms with E-state index in [-0.39, 0.29) is 10.7 Å². The summed E-state index contributed by atoms with van der Waals surface area (Å²) in [6.07, 6.45) is 3.75. The van der Waals surface area contributed by atoms with Crippen molar-refractivity contribution in [2.45, 2.75) is 24.5 Å². The Morgan fingerprint density at radius 2 is 2.15 bits per heavy atom. The third-order valence-electron chi connectivity index (χ3n) is 2.45. The smallest absolute Gasteiger partial charge is 0.322 e. The lowest BCUT2D eigenvalue weighted by molar-refractivity contribution is -0.146. The molecule has 76 valence electrons. The molecule has 0 radical (unpaired) electrons. The Hall–Kier alpha value is -0.220. The number of hydrogen-bond donors (Lipinski definition) is 1. The summed E-state index contributed by atoms with van der Waals surface area (Å²) in [7, 11) is 0. The lowest BCUT2D eigenvalue weighted by Crippen LogP contribution is -2.46. The van der Waals surface area contributed by atoms with Gasteiger partial charge in [-0.25, -0.2) is 0 Å². The molecule has 1 aliphatic heterocycles. The van der Waals surface area contributed by atoms with Crippen LogP contribution in [0.4, 0.5) is 0 Å². The predicted octanol–water partition coefficient (Wildman–Crippen LogP) is 1.03. The molecule has 0 atom stereocenters. The molecule has 1 saturated heterocycles. The van der Waals surface area contributed by atoms with E-state index in [9.17, 15) is 4.79 Å². The normalized spacial score (nSPS) is 21.1. The van der Waals surface area contributed by atoms with E-state index < -0.39 is 0 Å². The molecule has 0 unspecified atom stereocenters. The minimum atomic E-state index is -0.277. The van der Waals surface area contributed by atoms with Crippen LogP contribution in [0.5, 0.6) is 0 Å². The van der Waals surface area contributed by atoms with Crippen molar-refractivity contribution in [1.82, 2.24) is 5.32 Å². The molecule has 0 amide bonds. The van der Waals surface area contributed by atoms with Crippen molar-refractivity contribution in [3.05, 3.63) is 0 Å². The summed E-state index contributed by atoms with van der Waals surface area (Å²) < 4.78 is 4.81. The predicted molar refractivity (Wildman–Crippen MR) is 55.0 cm³/mol. The van der Waals surface area contributed by atoms with Gasteiger partial charge in [0.1, 0.15) is 4.75 Å². The Bertz CT molecular complexity index is 178. The number of hydrogen-bond acceptors (Lipinski definition) is 4. The standard InChI is InChI=1S/C9H17NO2S/c1-3-12-8(11)9(13-2)4-6-10-7-5-9/h10H,3-7H2,1-2H3. The lowest BCUT2D eigenvalue weighted by atomic mass is 9.97. The van der Waals surface area contributed by atoms with E-state index in [2.05, 4.69) is 5.32 Å². The van der Waals surface area contributed by atoms with Crippen molar-refractivity contribution in [2.75, 3.05) is 26.0 Å². The summed E-state index contributed by atoms with van der Waals surface area (Å²) in [4.78, 5) is 11.7. The number of rotatable bonds is 3. The molecule has 4 heteroatoms. The summed E-state index contributed by atoms with van der Waals surface area (Å²) in [5, 5.41) is 3.25. The fourth-order valence-corrected chi connectivity index (χ4v) is 2.42. The van der Waals surface area contributed by atoms with Crippen LogP contribution in [0.25, 0.3) is 0 Å². The number of thioether (sulfide) groups is 1. The Labute approximate surface area is 83.6 Å². The van der Waals surface area contributed by atoms with Crippen LogP contribution in [-0.4, -0.2) is 36.7 Å². The highest BCUT2D eigenvalue weighted by atomic mass is 32.2. The van der Waals surface area contributed by atoms with Crippen molar-refractivity contribution in [2.24, 2.45) is 0 Å². The second-order valence-electron chi connectivity index (χ2n) is 3.17. The Morgan fingerprint density at radius 1 is 1.54 bits per heavy atom. The summed E-state index contributed by atoms with van der Waals surface area (Å²) in [5.41, 5.74) is 0. The second-order valence-corrected chi connectivity index (χ2v) is 4.36. The zero-order valence-electron chi connectivity index (χ0n) is 8.26. The van der Waals surface area contributed by atoms with Crippen LogP contribution >= 0.6 is 11.8 Å². The zero-order chi connectivity index (χ0) is 9.73. The maximum absolute atomic E-state index is 11.7. The number of ether oxygens (including phenoxy) is 1. The van der Waals surface area contributed by atoms with Crippen LogP contribution in [0.3, 0.4) is 0 Å². The van der Waals surface area contributed by atoms with Crippen LogP contribution in [-0.2, 0) is 9.53 Å². The van der Waals surface area contributed by atoms with Crippen LogP contribution in [0.2, 0.25) is 0 Å². The molecule has 0 aliphatic carbocycles. The van der Waals surface area contributed by atoms with Gasteiger partial charge in [-0.2, -0.15) is 0 Å². The minimum Gasteiger partial charge on any atom is -0.465 e. The Kier molecular flexibility index (Phi) is 4.06. The average molecular weight is 203 g/mol. The first-order valence-electron chi connectivity index (χ1n) is 4.68. The number of carbonyl (C=O) groups is 1. The van der Waals surface area contributed by atoms with Crippen molar-refractivity contribution >= 4 is 17.7 Å². The van der Waals surface area contributed by atoms with E-state index >= 15 is 0 Å². The molecule has 1 aliphatic rings. The number of piperidine rings is 1. The maximum atomic E-state index is 11.7. The molecular formula is C9H17NO2S. The van der Waals surface area contributed by atoms with Crippen molar-refractivity contribution in [3.8, 4) is 0 Å². The zero-order valence-corrected chi connectivity index (χ0v) is 9.08. The van der Waals surface area contributed by atoms with Crippen LogP contribution in [0, 0.1) is 0 Å². The quantitative estimate of drug-likeness (QED) is 0.695. The van der Waals surface area contributed by atoms with Crippen LogP contribution in [0.15, 0.2) is 0 Å². The summed E-state index contributed by atoms with van der Waals surface area (Å²) >= 11 is 1.63. The minimum absolute atomic E-state index is 0.0380. The molecule has 1 N–H and O–H groups in total. The summed E-state index contributed by atoms with van der Waals surface area (Å²) in [5.74, 6) is -0.0380. The highest BCUT2D eigenvalue weighted by molar-refractivity contribution is 8.00. The molecule has 0 aromatic carbocycles. The van der Waals surface area contributed by atoms with Gasteiger partial charge in [-0.3, -0.25) is 4.79 Å². The third kappa shape index (κ3) is 2.38. The van der Waals surface area contributed by atoms with E-state index in [1.165, 1.54) is 0 Å². The summed E-state index contributed by atoms with van der Waals surface area (Å²) in [6.45, 7) is 4.17.